The Bertz CT molecular complexity index is 3260. The minimum atomic E-state index is 0.273. The lowest BCUT2D eigenvalue weighted by molar-refractivity contribution is 0.887. The summed E-state index contributed by atoms with van der Waals surface area (Å²) in [7, 11) is 0. The molecule has 0 spiro atoms. The van der Waals surface area contributed by atoms with Crippen molar-refractivity contribution >= 4 is 66.6 Å². The van der Waals surface area contributed by atoms with Crippen LogP contribution >= 0.6 is 11.8 Å². The van der Waals surface area contributed by atoms with Crippen LogP contribution in [0.3, 0.4) is 0 Å². The van der Waals surface area contributed by atoms with Gasteiger partial charge in [-0.25, -0.2) is 0 Å². The summed E-state index contributed by atoms with van der Waals surface area (Å²) in [4.78, 5) is 1.38. The van der Waals surface area contributed by atoms with Gasteiger partial charge in [0.2, 0.25) is 0 Å². The Hall–Kier alpha value is -6.81. The summed E-state index contributed by atoms with van der Waals surface area (Å²) in [6, 6.07) is 71.3. The standard InChI is InChI=1S/C54H36N2S/c1-3-13-35(14-4-1)36-23-25-37(26-24-36)45-33-41(34-48-44-19-9-12-22-53(44)57-54(45)48)56-50-21-11-8-18-43(50)47-32-39(28-30-52(47)56)38-27-29-51-46(31-38)42-17-7-10-20-49(42)55(51)40-15-5-2-6-16-40/h1-34,48,54H. The van der Waals surface area contributed by atoms with Crippen LogP contribution in [0.4, 0.5) is 0 Å². The molecule has 2 aliphatic rings. The molecule has 0 amide bonds. The fraction of sp³-hybridized carbons (Fsp3) is 0.0370. The quantitative estimate of drug-likeness (QED) is 0.171. The predicted molar refractivity (Wildman–Crippen MR) is 242 cm³/mol. The number of para-hydroxylation sites is 3. The molecule has 0 N–H and O–H groups in total. The maximum atomic E-state index is 2.53. The number of rotatable bonds is 5. The summed E-state index contributed by atoms with van der Waals surface area (Å²) in [6.07, 6.45) is 5.00. The van der Waals surface area contributed by atoms with Gasteiger partial charge in [-0.05, 0) is 99.6 Å². The third-order valence-corrected chi connectivity index (χ3v) is 13.5. The van der Waals surface area contributed by atoms with E-state index in [9.17, 15) is 0 Å². The number of thioether (sulfide) groups is 1. The summed E-state index contributed by atoms with van der Waals surface area (Å²) >= 11 is 2.01. The molecule has 8 aromatic carbocycles. The van der Waals surface area contributed by atoms with Crippen LogP contribution in [-0.2, 0) is 0 Å². The fourth-order valence-electron chi connectivity index (χ4n) is 9.45. The van der Waals surface area contributed by atoms with Crippen LogP contribution in [-0.4, -0.2) is 14.4 Å². The van der Waals surface area contributed by atoms with Gasteiger partial charge in [0.25, 0.3) is 0 Å². The molecule has 0 saturated carbocycles. The molecule has 1 aliphatic carbocycles. The molecular formula is C54H36N2S. The Morgan fingerprint density at radius 3 is 1.60 bits per heavy atom. The Labute approximate surface area is 335 Å². The minimum Gasteiger partial charge on any atom is -0.310 e. The topological polar surface area (TPSA) is 9.86 Å². The summed E-state index contributed by atoms with van der Waals surface area (Å²) < 4.78 is 4.89. The molecule has 3 heteroatoms. The number of aromatic nitrogens is 2. The summed E-state index contributed by atoms with van der Waals surface area (Å²) in [5, 5.41) is 5.38. The van der Waals surface area contributed by atoms with Gasteiger partial charge in [0.1, 0.15) is 0 Å². The third kappa shape index (κ3) is 5.13. The number of nitrogens with zero attached hydrogens (tertiary/aromatic N) is 2. The zero-order valence-corrected chi connectivity index (χ0v) is 31.9. The van der Waals surface area contributed by atoms with Gasteiger partial charge in [0.05, 0.1) is 22.1 Å². The number of hydrogen-bond donors (Lipinski definition) is 0. The van der Waals surface area contributed by atoms with Crippen LogP contribution in [0, 0.1) is 0 Å². The predicted octanol–water partition coefficient (Wildman–Crippen LogP) is 14.4. The number of hydrogen-bond acceptors (Lipinski definition) is 1. The number of allylic oxidation sites excluding steroid dienone is 3. The summed E-state index contributed by atoms with van der Waals surface area (Å²) in [5.41, 5.74) is 16.3. The van der Waals surface area contributed by atoms with E-state index in [1.807, 2.05) is 11.8 Å². The van der Waals surface area contributed by atoms with Gasteiger partial charge in [-0.3, -0.25) is 0 Å². The molecule has 2 aromatic heterocycles. The molecule has 57 heavy (non-hydrogen) atoms. The maximum Gasteiger partial charge on any atom is 0.0541 e. The van der Waals surface area contributed by atoms with Crippen molar-refractivity contribution in [1.29, 1.82) is 0 Å². The Kier molecular flexibility index (Phi) is 7.33. The second-order valence-electron chi connectivity index (χ2n) is 15.2. The van der Waals surface area contributed by atoms with Gasteiger partial charge in [-0.2, -0.15) is 0 Å². The highest BCUT2D eigenvalue weighted by Gasteiger charge is 2.38. The van der Waals surface area contributed by atoms with E-state index in [1.54, 1.807) is 0 Å². The van der Waals surface area contributed by atoms with E-state index in [1.165, 1.54) is 98.8 Å². The first-order valence-corrected chi connectivity index (χ1v) is 20.6. The van der Waals surface area contributed by atoms with Gasteiger partial charge in [0, 0.05) is 49.0 Å². The van der Waals surface area contributed by atoms with Crippen molar-refractivity contribution < 1.29 is 0 Å². The van der Waals surface area contributed by atoms with Crippen LogP contribution in [0.15, 0.2) is 211 Å². The smallest absolute Gasteiger partial charge is 0.0541 e. The molecule has 0 fully saturated rings. The molecule has 2 atom stereocenters. The lowest BCUT2D eigenvalue weighted by Crippen LogP contribution is -2.16. The second kappa shape index (κ2) is 12.9. The van der Waals surface area contributed by atoms with Crippen molar-refractivity contribution in [2.45, 2.75) is 16.1 Å². The molecule has 3 heterocycles. The molecule has 0 radical (unpaired) electrons. The molecule has 0 saturated heterocycles. The molecule has 1 aliphatic heterocycles. The van der Waals surface area contributed by atoms with E-state index in [-0.39, 0.29) is 5.92 Å². The monoisotopic (exact) mass is 744 g/mol. The van der Waals surface area contributed by atoms with E-state index >= 15 is 0 Å². The Balaban J connectivity index is 1.01. The van der Waals surface area contributed by atoms with Crippen molar-refractivity contribution in [3.8, 4) is 27.9 Å². The average Bonchev–Trinajstić information content (AvgIpc) is 3.94. The van der Waals surface area contributed by atoms with Gasteiger partial charge in [-0.15, -0.1) is 11.8 Å². The van der Waals surface area contributed by atoms with Crippen LogP contribution in [0.2, 0.25) is 0 Å². The van der Waals surface area contributed by atoms with Crippen molar-refractivity contribution in [2.75, 3.05) is 0 Å². The third-order valence-electron chi connectivity index (χ3n) is 12.1. The normalized spacial score (nSPS) is 16.2. The van der Waals surface area contributed by atoms with E-state index in [4.69, 9.17) is 0 Å². The number of fused-ring (bicyclic) bond motifs is 9. The van der Waals surface area contributed by atoms with Crippen molar-refractivity contribution in [3.63, 3.8) is 0 Å². The van der Waals surface area contributed by atoms with Gasteiger partial charge < -0.3 is 9.13 Å². The Morgan fingerprint density at radius 1 is 0.386 bits per heavy atom. The summed E-state index contributed by atoms with van der Waals surface area (Å²) in [5.74, 6) is 0.273. The van der Waals surface area contributed by atoms with E-state index in [2.05, 4.69) is 215 Å². The van der Waals surface area contributed by atoms with E-state index in [0.717, 1.165) is 0 Å². The molecular weight excluding hydrogens is 709 g/mol. The summed E-state index contributed by atoms with van der Waals surface area (Å²) in [6.45, 7) is 0. The molecule has 268 valence electrons. The fourth-order valence-corrected chi connectivity index (χ4v) is 10.9. The van der Waals surface area contributed by atoms with Gasteiger partial charge in [0.15, 0.2) is 0 Å². The average molecular weight is 745 g/mol. The maximum absolute atomic E-state index is 2.53. The van der Waals surface area contributed by atoms with Crippen LogP contribution in [0.5, 0.6) is 0 Å². The first kappa shape index (κ1) is 32.4. The highest BCUT2D eigenvalue weighted by molar-refractivity contribution is 8.00. The first-order valence-electron chi connectivity index (χ1n) is 19.7. The molecule has 12 rings (SSSR count). The lowest BCUT2D eigenvalue weighted by Gasteiger charge is -2.27. The molecule has 2 nitrogen and oxygen atoms in total. The van der Waals surface area contributed by atoms with E-state index in [0.29, 0.717) is 5.25 Å². The Morgan fingerprint density at radius 2 is 0.895 bits per heavy atom. The highest BCUT2D eigenvalue weighted by Crippen LogP contribution is 2.54. The van der Waals surface area contributed by atoms with Crippen LogP contribution in [0.1, 0.15) is 17.0 Å². The van der Waals surface area contributed by atoms with Crippen molar-refractivity contribution in [1.82, 2.24) is 9.13 Å². The molecule has 0 bridgehead atoms. The minimum absolute atomic E-state index is 0.273. The number of benzene rings is 8. The zero-order chi connectivity index (χ0) is 37.5. The van der Waals surface area contributed by atoms with E-state index < -0.39 is 0 Å². The lowest BCUT2D eigenvalue weighted by atomic mass is 9.84. The van der Waals surface area contributed by atoms with Gasteiger partial charge >= 0.3 is 0 Å². The highest BCUT2D eigenvalue weighted by atomic mass is 32.2. The van der Waals surface area contributed by atoms with Crippen LogP contribution in [0.25, 0.3) is 82.8 Å². The molecule has 2 unspecified atom stereocenters. The zero-order valence-electron chi connectivity index (χ0n) is 31.1. The van der Waals surface area contributed by atoms with Crippen molar-refractivity contribution in [3.05, 3.63) is 217 Å². The largest absolute Gasteiger partial charge is 0.310 e. The van der Waals surface area contributed by atoms with Gasteiger partial charge in [-0.1, -0.05) is 146 Å². The first-order chi connectivity index (χ1) is 28.3. The van der Waals surface area contributed by atoms with Crippen molar-refractivity contribution in [2.24, 2.45) is 0 Å². The van der Waals surface area contributed by atoms with Crippen LogP contribution < -0.4 is 0 Å². The molecule has 10 aromatic rings. The second-order valence-corrected chi connectivity index (χ2v) is 16.4. The SMILES string of the molecule is C1=C(c2ccc(-c3ccccc3)cc2)C2Sc3ccccc3C2C=C1n1c2ccccc2c2cc(-c3ccc4c(c3)c3ccccc3n4-c3ccccc3)ccc21.